The third-order valence-electron chi connectivity index (χ3n) is 3.54. The molecule has 0 fully saturated rings. The summed E-state index contributed by atoms with van der Waals surface area (Å²) >= 11 is 6.01. The largest absolute Gasteiger partial charge is 0.273 e. The van der Waals surface area contributed by atoms with Crippen LogP contribution in [0.3, 0.4) is 0 Å². The predicted octanol–water partition coefficient (Wildman–Crippen LogP) is 2.48. The molecule has 1 aromatic carbocycles. The van der Waals surface area contributed by atoms with Crippen LogP contribution < -0.4 is 4.72 Å². The Labute approximate surface area is 130 Å². The Hall–Kier alpha value is -1.37. The fraction of sp³-hybridized carbons (Fsp3) is 0.357. The summed E-state index contributed by atoms with van der Waals surface area (Å²) in [7, 11) is -1.76. The molecular weight excluding hydrogens is 310 g/mol. The molecule has 2 aromatic rings. The molecule has 0 amide bonds. The van der Waals surface area contributed by atoms with Crippen LogP contribution in [0.4, 0.5) is 0 Å². The maximum Gasteiger partial charge on any atom is 0.241 e. The second-order valence-electron chi connectivity index (χ2n) is 5.07. The average molecular weight is 328 g/mol. The van der Waals surface area contributed by atoms with Crippen LogP contribution in [-0.4, -0.2) is 18.2 Å². The number of nitrogens with one attached hydrogen (secondary N) is 1. The van der Waals surface area contributed by atoms with Crippen molar-refractivity contribution in [2.75, 3.05) is 0 Å². The van der Waals surface area contributed by atoms with Crippen LogP contribution >= 0.6 is 11.6 Å². The second-order valence-corrected chi connectivity index (χ2v) is 7.21. The number of hydrogen-bond acceptors (Lipinski definition) is 3. The van der Waals surface area contributed by atoms with E-state index in [4.69, 9.17) is 11.6 Å². The molecule has 0 spiro atoms. The minimum absolute atomic E-state index is 0.211. The predicted molar refractivity (Wildman–Crippen MR) is 82.9 cm³/mol. The summed E-state index contributed by atoms with van der Waals surface area (Å²) < 4.78 is 29.2. The number of benzene rings is 1. The van der Waals surface area contributed by atoms with Crippen LogP contribution in [0.25, 0.3) is 0 Å². The molecule has 0 atom stereocenters. The van der Waals surface area contributed by atoms with Crippen molar-refractivity contribution in [1.29, 1.82) is 0 Å². The lowest BCUT2D eigenvalue weighted by atomic mass is 10.2. The van der Waals surface area contributed by atoms with Crippen LogP contribution in [0.1, 0.15) is 22.4 Å². The van der Waals surface area contributed by atoms with E-state index in [1.807, 2.05) is 14.0 Å². The van der Waals surface area contributed by atoms with Gasteiger partial charge in [0, 0.05) is 29.9 Å². The topological polar surface area (TPSA) is 64.0 Å². The van der Waals surface area contributed by atoms with Crippen molar-refractivity contribution < 1.29 is 8.42 Å². The molecule has 2 rings (SSSR count). The van der Waals surface area contributed by atoms with Gasteiger partial charge in [-0.3, -0.25) is 4.68 Å². The molecular formula is C14H18ClN3O2S. The van der Waals surface area contributed by atoms with E-state index in [1.165, 1.54) is 0 Å². The molecule has 5 nitrogen and oxygen atoms in total. The van der Waals surface area contributed by atoms with Gasteiger partial charge in [-0.15, -0.1) is 0 Å². The summed E-state index contributed by atoms with van der Waals surface area (Å²) in [6, 6.07) is 3.26. The van der Waals surface area contributed by atoms with E-state index in [1.54, 1.807) is 36.9 Å². The van der Waals surface area contributed by atoms with Gasteiger partial charge in [0.15, 0.2) is 0 Å². The first-order chi connectivity index (χ1) is 9.72. The van der Waals surface area contributed by atoms with E-state index in [2.05, 4.69) is 9.82 Å². The third-order valence-corrected chi connectivity index (χ3v) is 5.49. The number of halogens is 1. The fourth-order valence-electron chi connectivity index (χ4n) is 2.01. The summed E-state index contributed by atoms with van der Waals surface area (Å²) in [4.78, 5) is 0.256. The van der Waals surface area contributed by atoms with Gasteiger partial charge in [0.1, 0.15) is 0 Å². The van der Waals surface area contributed by atoms with Crippen molar-refractivity contribution in [1.82, 2.24) is 14.5 Å². The highest BCUT2D eigenvalue weighted by atomic mass is 35.5. The molecule has 0 aliphatic carbocycles. The smallest absolute Gasteiger partial charge is 0.241 e. The van der Waals surface area contributed by atoms with Crippen LogP contribution in [0.5, 0.6) is 0 Å². The van der Waals surface area contributed by atoms with Crippen LogP contribution in [0.2, 0.25) is 5.02 Å². The minimum atomic E-state index is -3.58. The third kappa shape index (κ3) is 3.28. The molecule has 114 valence electrons. The van der Waals surface area contributed by atoms with Crippen LogP contribution in [0.15, 0.2) is 23.2 Å². The van der Waals surface area contributed by atoms with Crippen molar-refractivity contribution >= 4 is 21.6 Å². The number of rotatable bonds is 4. The number of sulfonamides is 1. The first-order valence-electron chi connectivity index (χ1n) is 6.46. The van der Waals surface area contributed by atoms with E-state index < -0.39 is 10.0 Å². The van der Waals surface area contributed by atoms with Gasteiger partial charge in [0.05, 0.1) is 11.1 Å². The summed E-state index contributed by atoms with van der Waals surface area (Å²) in [6.45, 7) is 5.62. The summed E-state index contributed by atoms with van der Waals surface area (Å²) in [5.74, 6) is 0. The Bertz CT molecular complexity index is 782. The highest BCUT2D eigenvalue weighted by molar-refractivity contribution is 7.89. The van der Waals surface area contributed by atoms with Gasteiger partial charge >= 0.3 is 0 Å². The normalized spacial score (nSPS) is 11.9. The van der Waals surface area contributed by atoms with Crippen molar-refractivity contribution in [3.8, 4) is 0 Å². The van der Waals surface area contributed by atoms with Crippen molar-refractivity contribution in [2.24, 2.45) is 7.05 Å². The first kappa shape index (κ1) is 16.0. The maximum absolute atomic E-state index is 12.4. The maximum atomic E-state index is 12.4. The average Bonchev–Trinajstić information content (AvgIpc) is 2.72. The first-order valence-corrected chi connectivity index (χ1v) is 8.32. The summed E-state index contributed by atoms with van der Waals surface area (Å²) in [6.07, 6.45) is 1.66. The molecule has 1 heterocycles. The number of hydrogen-bond donors (Lipinski definition) is 1. The Kier molecular flexibility index (Phi) is 4.41. The number of nitrogens with zero attached hydrogens (tertiary/aromatic N) is 2. The molecule has 0 bridgehead atoms. The highest BCUT2D eigenvalue weighted by Gasteiger charge is 2.18. The van der Waals surface area contributed by atoms with Gasteiger partial charge in [-0.1, -0.05) is 11.6 Å². The highest BCUT2D eigenvalue weighted by Crippen LogP contribution is 2.24. The van der Waals surface area contributed by atoms with Crippen LogP contribution in [0, 0.1) is 20.8 Å². The number of aromatic nitrogens is 2. The Balaban J connectivity index is 2.27. The molecule has 7 heteroatoms. The quantitative estimate of drug-likeness (QED) is 0.938. The molecule has 0 radical (unpaired) electrons. The zero-order valence-corrected chi connectivity index (χ0v) is 14.0. The Morgan fingerprint density at radius 1 is 1.24 bits per heavy atom. The van der Waals surface area contributed by atoms with Gasteiger partial charge in [0.25, 0.3) is 0 Å². The van der Waals surface area contributed by atoms with Crippen LogP contribution in [-0.2, 0) is 23.6 Å². The van der Waals surface area contributed by atoms with Crippen molar-refractivity contribution in [3.63, 3.8) is 0 Å². The molecule has 0 saturated heterocycles. The minimum Gasteiger partial charge on any atom is -0.273 e. The van der Waals surface area contributed by atoms with E-state index in [-0.39, 0.29) is 11.4 Å². The van der Waals surface area contributed by atoms with Gasteiger partial charge in [-0.25, -0.2) is 13.1 Å². The monoisotopic (exact) mass is 327 g/mol. The molecule has 21 heavy (non-hydrogen) atoms. The van der Waals surface area contributed by atoms with E-state index in [0.29, 0.717) is 10.6 Å². The Morgan fingerprint density at radius 2 is 1.90 bits per heavy atom. The van der Waals surface area contributed by atoms with Gasteiger partial charge in [-0.05, 0) is 44.0 Å². The summed E-state index contributed by atoms with van der Waals surface area (Å²) in [5, 5.41) is 4.66. The van der Waals surface area contributed by atoms with Gasteiger partial charge in [0.2, 0.25) is 10.0 Å². The fourth-order valence-corrected chi connectivity index (χ4v) is 3.55. The Morgan fingerprint density at radius 3 is 2.48 bits per heavy atom. The molecule has 0 unspecified atom stereocenters. The lowest BCUT2D eigenvalue weighted by molar-refractivity contribution is 0.580. The zero-order chi connectivity index (χ0) is 15.8. The lowest BCUT2D eigenvalue weighted by Gasteiger charge is -2.11. The molecule has 0 aliphatic rings. The van der Waals surface area contributed by atoms with E-state index >= 15 is 0 Å². The van der Waals surface area contributed by atoms with Crippen molar-refractivity contribution in [3.05, 3.63) is 45.7 Å². The van der Waals surface area contributed by atoms with E-state index in [9.17, 15) is 8.42 Å². The molecule has 1 aromatic heterocycles. The second kappa shape index (κ2) is 5.79. The molecule has 0 saturated carbocycles. The van der Waals surface area contributed by atoms with Gasteiger partial charge < -0.3 is 0 Å². The molecule has 1 N–H and O–H groups in total. The zero-order valence-electron chi connectivity index (χ0n) is 12.4. The SMILES string of the molecule is Cc1cc(S(=O)(=O)NCc2cnn(C)c2C)c(C)cc1Cl. The molecule has 0 aliphatic heterocycles. The number of aryl methyl sites for hydroxylation is 3. The lowest BCUT2D eigenvalue weighted by Crippen LogP contribution is -2.24. The standard InChI is InChI=1S/C14H18ClN3O2S/c1-9-6-14(10(2)5-13(9)15)21(19,20)17-8-12-7-16-18(4)11(12)3/h5-7,17H,8H2,1-4H3. The summed E-state index contributed by atoms with van der Waals surface area (Å²) in [5.41, 5.74) is 3.15. The van der Waals surface area contributed by atoms with Gasteiger partial charge in [-0.2, -0.15) is 5.10 Å². The van der Waals surface area contributed by atoms with Crippen molar-refractivity contribution in [2.45, 2.75) is 32.2 Å². The van der Waals surface area contributed by atoms with E-state index in [0.717, 1.165) is 16.8 Å².